The van der Waals surface area contributed by atoms with Crippen LogP contribution in [0.2, 0.25) is 0 Å². The molecule has 2 fully saturated rings. The second kappa shape index (κ2) is 5.19. The van der Waals surface area contributed by atoms with Crippen molar-refractivity contribution in [2.24, 2.45) is 0 Å². The Morgan fingerprint density at radius 1 is 1.06 bits per heavy atom. The maximum absolute atomic E-state index is 6.17. The zero-order valence-corrected chi connectivity index (χ0v) is 11.8. The smallest absolute Gasteiger partial charge is 0.110 e. The van der Waals surface area contributed by atoms with E-state index in [9.17, 15) is 0 Å². The summed E-state index contributed by atoms with van der Waals surface area (Å²) in [6, 6.07) is 0. The molecule has 2 nitrogen and oxygen atoms in total. The van der Waals surface area contributed by atoms with Crippen molar-refractivity contribution < 1.29 is 0 Å². The maximum Gasteiger partial charge on any atom is 0.110 e. The number of nitrogens with two attached hydrogens (primary N) is 1. The molecule has 3 rings (SSSR count). The maximum atomic E-state index is 6.17. The van der Waals surface area contributed by atoms with Gasteiger partial charge in [-0.15, -0.1) is 11.3 Å². The molecule has 1 unspecified atom stereocenters. The van der Waals surface area contributed by atoms with Crippen LogP contribution in [0.15, 0.2) is 0 Å². The molecule has 94 valence electrons. The van der Waals surface area contributed by atoms with E-state index in [0.717, 1.165) is 5.00 Å². The molecular weight excluding hydrogens is 248 g/mol. The van der Waals surface area contributed by atoms with Gasteiger partial charge in [-0.2, -0.15) is 11.8 Å². The molecule has 0 bridgehead atoms. The lowest BCUT2D eigenvalue weighted by Gasteiger charge is -2.18. The van der Waals surface area contributed by atoms with E-state index in [-0.39, 0.29) is 0 Å². The first kappa shape index (κ1) is 11.8. The largest absolute Gasteiger partial charge is 0.389 e. The summed E-state index contributed by atoms with van der Waals surface area (Å²) in [7, 11) is 0. The number of anilines is 1. The second-order valence-corrected chi connectivity index (χ2v) is 7.41. The first-order chi connectivity index (χ1) is 8.34. The Morgan fingerprint density at radius 3 is 2.59 bits per heavy atom. The molecule has 1 aliphatic heterocycles. The first-order valence-electron chi connectivity index (χ1n) is 6.68. The number of thiazole rings is 1. The Balaban J connectivity index is 1.79. The van der Waals surface area contributed by atoms with E-state index in [0.29, 0.717) is 11.8 Å². The monoisotopic (exact) mass is 268 g/mol. The summed E-state index contributed by atoms with van der Waals surface area (Å²) in [5, 5.41) is 2.33. The summed E-state index contributed by atoms with van der Waals surface area (Å²) in [5.41, 5.74) is 7.40. The minimum Gasteiger partial charge on any atom is -0.389 e. The number of thioether (sulfide) groups is 1. The molecule has 0 spiro atoms. The molecule has 0 amide bonds. The third kappa shape index (κ3) is 2.48. The van der Waals surface area contributed by atoms with Crippen LogP contribution in [0.3, 0.4) is 0 Å². The average molecular weight is 268 g/mol. The molecule has 1 saturated carbocycles. The van der Waals surface area contributed by atoms with Crippen molar-refractivity contribution >= 4 is 28.1 Å². The molecule has 1 aromatic rings. The molecule has 0 radical (unpaired) electrons. The van der Waals surface area contributed by atoms with Crippen molar-refractivity contribution in [3.8, 4) is 0 Å². The molecule has 1 atom stereocenters. The summed E-state index contributed by atoms with van der Waals surface area (Å²) < 4.78 is 0. The van der Waals surface area contributed by atoms with Gasteiger partial charge in [0.05, 0.1) is 10.7 Å². The van der Waals surface area contributed by atoms with Gasteiger partial charge in [0.1, 0.15) is 5.00 Å². The lowest BCUT2D eigenvalue weighted by Crippen LogP contribution is -2.05. The Kier molecular flexibility index (Phi) is 3.61. The second-order valence-electron chi connectivity index (χ2n) is 5.20. The van der Waals surface area contributed by atoms with Gasteiger partial charge in [-0.05, 0) is 25.0 Å². The van der Waals surface area contributed by atoms with Crippen LogP contribution in [0.1, 0.15) is 61.1 Å². The van der Waals surface area contributed by atoms with Crippen LogP contribution < -0.4 is 5.73 Å². The van der Waals surface area contributed by atoms with Crippen LogP contribution in [0.25, 0.3) is 0 Å². The lowest BCUT2D eigenvalue weighted by molar-refractivity contribution is 0.441. The zero-order chi connectivity index (χ0) is 11.7. The fraction of sp³-hybridized carbons (Fsp3) is 0.769. The van der Waals surface area contributed by atoms with E-state index >= 15 is 0 Å². The highest BCUT2D eigenvalue weighted by molar-refractivity contribution is 7.99. The molecule has 4 heteroatoms. The number of rotatable bonds is 2. The SMILES string of the molecule is Nc1sc(C2CCCCC2)nc1C1CCSC1. The molecule has 2 N–H and O–H groups in total. The lowest BCUT2D eigenvalue weighted by atomic mass is 9.90. The standard InChI is InChI=1S/C13H20N2S2/c14-12-11(10-6-7-16-8-10)15-13(17-12)9-4-2-1-3-5-9/h9-10H,1-8,14H2. The fourth-order valence-electron chi connectivity index (χ4n) is 2.93. The molecule has 1 aromatic heterocycles. The van der Waals surface area contributed by atoms with E-state index in [2.05, 4.69) is 0 Å². The number of hydrogen-bond donors (Lipinski definition) is 1. The summed E-state index contributed by atoms with van der Waals surface area (Å²) in [6.45, 7) is 0. The van der Waals surface area contributed by atoms with Gasteiger partial charge in [-0.1, -0.05) is 19.3 Å². The van der Waals surface area contributed by atoms with Crippen molar-refractivity contribution in [2.45, 2.75) is 50.4 Å². The predicted molar refractivity (Wildman–Crippen MR) is 77.0 cm³/mol. The van der Waals surface area contributed by atoms with Gasteiger partial charge in [-0.25, -0.2) is 4.98 Å². The summed E-state index contributed by atoms with van der Waals surface area (Å²) in [4.78, 5) is 4.90. The molecule has 1 saturated heterocycles. The van der Waals surface area contributed by atoms with E-state index in [1.165, 1.54) is 60.7 Å². The Hall–Kier alpha value is -0.220. The predicted octanol–water partition coefficient (Wildman–Crippen LogP) is 3.99. The van der Waals surface area contributed by atoms with Crippen LogP contribution in [0, 0.1) is 0 Å². The van der Waals surface area contributed by atoms with Crippen molar-refractivity contribution in [2.75, 3.05) is 17.2 Å². The number of nitrogen functional groups attached to an aromatic ring is 1. The van der Waals surface area contributed by atoms with Crippen LogP contribution in [-0.2, 0) is 0 Å². The van der Waals surface area contributed by atoms with Gasteiger partial charge in [0.25, 0.3) is 0 Å². The Bertz CT molecular complexity index is 377. The highest BCUT2D eigenvalue weighted by Crippen LogP contribution is 2.41. The molecule has 17 heavy (non-hydrogen) atoms. The summed E-state index contributed by atoms with van der Waals surface area (Å²) in [6.07, 6.45) is 8.07. The number of hydrogen-bond acceptors (Lipinski definition) is 4. The summed E-state index contributed by atoms with van der Waals surface area (Å²) in [5.74, 6) is 3.84. The topological polar surface area (TPSA) is 38.9 Å². The van der Waals surface area contributed by atoms with E-state index in [1.54, 1.807) is 11.3 Å². The van der Waals surface area contributed by atoms with Crippen molar-refractivity contribution in [3.63, 3.8) is 0 Å². The Labute approximate surface area is 111 Å². The third-order valence-electron chi connectivity index (χ3n) is 3.97. The van der Waals surface area contributed by atoms with E-state index in [1.807, 2.05) is 11.8 Å². The third-order valence-corrected chi connectivity index (χ3v) is 6.19. The fourth-order valence-corrected chi connectivity index (χ4v) is 5.24. The van der Waals surface area contributed by atoms with E-state index < -0.39 is 0 Å². The first-order valence-corrected chi connectivity index (χ1v) is 8.65. The van der Waals surface area contributed by atoms with Gasteiger partial charge in [-0.3, -0.25) is 0 Å². The van der Waals surface area contributed by atoms with Crippen LogP contribution in [0.5, 0.6) is 0 Å². The average Bonchev–Trinajstić information content (AvgIpc) is 2.99. The van der Waals surface area contributed by atoms with E-state index in [4.69, 9.17) is 10.7 Å². The molecule has 1 aliphatic carbocycles. The van der Waals surface area contributed by atoms with Crippen molar-refractivity contribution in [3.05, 3.63) is 10.7 Å². The van der Waals surface area contributed by atoms with Crippen molar-refractivity contribution in [1.82, 2.24) is 4.98 Å². The molecule has 2 aliphatic rings. The van der Waals surface area contributed by atoms with Crippen LogP contribution in [0.4, 0.5) is 5.00 Å². The normalized spacial score (nSPS) is 26.5. The number of aromatic nitrogens is 1. The van der Waals surface area contributed by atoms with Crippen LogP contribution in [-0.4, -0.2) is 16.5 Å². The van der Waals surface area contributed by atoms with Gasteiger partial charge in [0, 0.05) is 17.6 Å². The minimum absolute atomic E-state index is 0.633. The van der Waals surface area contributed by atoms with Crippen molar-refractivity contribution in [1.29, 1.82) is 0 Å². The molecular formula is C13H20N2S2. The van der Waals surface area contributed by atoms with Crippen LogP contribution >= 0.6 is 23.1 Å². The molecule has 2 heterocycles. The number of nitrogens with zero attached hydrogens (tertiary/aromatic N) is 1. The highest BCUT2D eigenvalue weighted by atomic mass is 32.2. The van der Waals surface area contributed by atoms with Gasteiger partial charge in [0.15, 0.2) is 0 Å². The zero-order valence-electron chi connectivity index (χ0n) is 10.2. The summed E-state index contributed by atoms with van der Waals surface area (Å²) >= 11 is 3.80. The highest BCUT2D eigenvalue weighted by Gasteiger charge is 2.26. The Morgan fingerprint density at radius 2 is 1.88 bits per heavy atom. The van der Waals surface area contributed by atoms with Gasteiger partial charge in [0.2, 0.25) is 0 Å². The quantitative estimate of drug-likeness (QED) is 0.881. The molecule has 0 aromatic carbocycles. The minimum atomic E-state index is 0.633. The van der Waals surface area contributed by atoms with Gasteiger partial charge >= 0.3 is 0 Å². The van der Waals surface area contributed by atoms with Gasteiger partial charge < -0.3 is 5.73 Å².